The quantitative estimate of drug-likeness (QED) is 0.529. The van der Waals surface area contributed by atoms with Crippen molar-refractivity contribution in [3.8, 4) is 22.3 Å². The van der Waals surface area contributed by atoms with E-state index in [9.17, 15) is 8.76 Å². The molecule has 4 aromatic rings. The Balaban J connectivity index is 1.87. The molecule has 1 aromatic carbocycles. The highest BCUT2D eigenvalue weighted by atomic mass is 32.3. The molecule has 4 rings (SSSR count). The number of rotatable bonds is 3. The van der Waals surface area contributed by atoms with Crippen LogP contribution in [-0.2, 0) is 14.4 Å². The number of fused-ring (bicyclic) bond motifs is 1. The SMILES string of the molecule is C[S+](=O)([O-])c1ccc(-c2cc(-c3cccnc3)c3cncn3c2)cc1. The zero-order chi connectivity index (χ0) is 17.4. The second kappa shape index (κ2) is 5.91. The Morgan fingerprint density at radius 3 is 2.48 bits per heavy atom. The molecule has 0 saturated heterocycles. The lowest BCUT2D eigenvalue weighted by Crippen LogP contribution is -2.06. The molecule has 0 saturated carbocycles. The third-order valence-electron chi connectivity index (χ3n) is 4.11. The highest BCUT2D eigenvalue weighted by Crippen LogP contribution is 2.30. The van der Waals surface area contributed by atoms with Crippen molar-refractivity contribution < 1.29 is 8.76 Å². The number of sulfone groups is 1. The van der Waals surface area contributed by atoms with Crippen molar-refractivity contribution in [1.82, 2.24) is 14.4 Å². The van der Waals surface area contributed by atoms with Gasteiger partial charge in [0.2, 0.25) is 0 Å². The van der Waals surface area contributed by atoms with Gasteiger partial charge < -0.3 is 8.95 Å². The first-order chi connectivity index (χ1) is 12.0. The number of nitrogens with zero attached hydrogens (tertiary/aromatic N) is 3. The minimum atomic E-state index is -3.20. The van der Waals surface area contributed by atoms with Crippen LogP contribution in [0.3, 0.4) is 0 Å². The molecular formula is C19H15N3O2S. The molecule has 0 N–H and O–H groups in total. The van der Waals surface area contributed by atoms with Crippen LogP contribution in [0.15, 0.2) is 78.5 Å². The van der Waals surface area contributed by atoms with Crippen molar-refractivity contribution in [1.29, 1.82) is 0 Å². The molecule has 0 spiro atoms. The van der Waals surface area contributed by atoms with E-state index in [1.807, 2.05) is 47.3 Å². The average Bonchev–Trinajstić information content (AvgIpc) is 3.09. The second-order valence-corrected chi connectivity index (χ2v) is 7.88. The van der Waals surface area contributed by atoms with Gasteiger partial charge >= 0.3 is 0 Å². The van der Waals surface area contributed by atoms with Gasteiger partial charge in [0, 0.05) is 29.7 Å². The third-order valence-corrected chi connectivity index (χ3v) is 5.24. The highest BCUT2D eigenvalue weighted by Gasteiger charge is 2.13. The van der Waals surface area contributed by atoms with Crippen LogP contribution in [0.5, 0.6) is 0 Å². The predicted octanol–water partition coefficient (Wildman–Crippen LogP) is 3.68. The van der Waals surface area contributed by atoms with Crippen LogP contribution in [-0.4, -0.2) is 25.2 Å². The normalized spacial score (nSPS) is 13.7. The number of hydrogen-bond donors (Lipinski definition) is 0. The number of aromatic nitrogens is 3. The number of pyridine rings is 2. The van der Waals surface area contributed by atoms with E-state index in [-0.39, 0.29) is 0 Å². The summed E-state index contributed by atoms with van der Waals surface area (Å²) in [6.07, 6.45) is 10.3. The Hall–Kier alpha value is -2.83. The van der Waals surface area contributed by atoms with Crippen molar-refractivity contribution in [2.24, 2.45) is 0 Å². The molecular weight excluding hydrogens is 334 g/mol. The van der Waals surface area contributed by atoms with Crippen molar-refractivity contribution in [2.45, 2.75) is 4.90 Å². The fourth-order valence-electron chi connectivity index (χ4n) is 2.84. The molecule has 1 atom stereocenters. The predicted molar refractivity (Wildman–Crippen MR) is 96.9 cm³/mol. The zero-order valence-electron chi connectivity index (χ0n) is 13.5. The van der Waals surface area contributed by atoms with E-state index in [1.54, 1.807) is 24.7 Å². The second-order valence-electron chi connectivity index (χ2n) is 5.87. The first kappa shape index (κ1) is 15.7. The Labute approximate surface area is 146 Å². The van der Waals surface area contributed by atoms with Crippen LogP contribution >= 0.6 is 0 Å². The largest absolute Gasteiger partial charge is 0.610 e. The fourth-order valence-corrected chi connectivity index (χ4v) is 3.47. The molecule has 3 aromatic heterocycles. The maximum Gasteiger partial charge on any atom is 0.155 e. The Bertz CT molecular complexity index is 1080. The zero-order valence-corrected chi connectivity index (χ0v) is 14.3. The molecule has 0 aliphatic rings. The van der Waals surface area contributed by atoms with E-state index in [2.05, 4.69) is 16.0 Å². The van der Waals surface area contributed by atoms with Crippen LogP contribution in [0.4, 0.5) is 0 Å². The van der Waals surface area contributed by atoms with E-state index < -0.39 is 10.2 Å². The smallest absolute Gasteiger partial charge is 0.155 e. The van der Waals surface area contributed by atoms with E-state index in [1.165, 1.54) is 6.26 Å². The minimum Gasteiger partial charge on any atom is -0.610 e. The molecule has 25 heavy (non-hydrogen) atoms. The summed E-state index contributed by atoms with van der Waals surface area (Å²) in [5, 5.41) is 0. The first-order valence-corrected chi connectivity index (χ1v) is 9.58. The maximum absolute atomic E-state index is 11.6. The van der Waals surface area contributed by atoms with Gasteiger partial charge in [0.15, 0.2) is 4.90 Å². The van der Waals surface area contributed by atoms with E-state index >= 15 is 0 Å². The fraction of sp³-hybridized carbons (Fsp3) is 0.0526. The average molecular weight is 349 g/mol. The van der Waals surface area contributed by atoms with Crippen LogP contribution in [0.1, 0.15) is 0 Å². The molecule has 0 bridgehead atoms. The van der Waals surface area contributed by atoms with Gasteiger partial charge in [0.05, 0.1) is 28.3 Å². The monoisotopic (exact) mass is 349 g/mol. The summed E-state index contributed by atoms with van der Waals surface area (Å²) in [6.45, 7) is 0. The van der Waals surface area contributed by atoms with Gasteiger partial charge in [0.1, 0.15) is 6.26 Å². The van der Waals surface area contributed by atoms with Crippen LogP contribution in [0, 0.1) is 0 Å². The molecule has 0 aliphatic carbocycles. The maximum atomic E-state index is 11.6. The molecule has 0 radical (unpaired) electrons. The molecule has 5 nitrogen and oxygen atoms in total. The summed E-state index contributed by atoms with van der Waals surface area (Å²) < 4.78 is 25.2. The molecule has 0 amide bonds. The van der Waals surface area contributed by atoms with Gasteiger partial charge in [-0.05, 0) is 47.5 Å². The molecule has 6 heteroatoms. The van der Waals surface area contributed by atoms with Gasteiger partial charge in [-0.2, -0.15) is 0 Å². The summed E-state index contributed by atoms with van der Waals surface area (Å²) >= 11 is 0. The Kier molecular flexibility index (Phi) is 3.71. The van der Waals surface area contributed by atoms with E-state index in [4.69, 9.17) is 0 Å². The molecule has 0 aliphatic heterocycles. The first-order valence-electron chi connectivity index (χ1n) is 7.69. The lowest BCUT2D eigenvalue weighted by molar-refractivity contribution is 0.484. The van der Waals surface area contributed by atoms with Crippen LogP contribution < -0.4 is 0 Å². The van der Waals surface area contributed by atoms with Crippen molar-refractivity contribution in [3.63, 3.8) is 0 Å². The third kappa shape index (κ3) is 2.97. The van der Waals surface area contributed by atoms with Gasteiger partial charge in [-0.15, -0.1) is 4.21 Å². The lowest BCUT2D eigenvalue weighted by atomic mass is 10.0. The van der Waals surface area contributed by atoms with Crippen LogP contribution in [0.25, 0.3) is 27.8 Å². The van der Waals surface area contributed by atoms with Crippen molar-refractivity contribution >= 4 is 15.7 Å². The van der Waals surface area contributed by atoms with Crippen molar-refractivity contribution in [2.75, 3.05) is 6.26 Å². The Morgan fingerprint density at radius 2 is 1.80 bits per heavy atom. The standard InChI is InChI=1S/C19H15N3O2S/c1-25(23,24)17-6-4-14(5-7-17)16-9-18(15-3-2-8-20-10-15)19-11-21-13-22(19)12-16/h2-13H,1H3. The highest BCUT2D eigenvalue weighted by molar-refractivity contribution is 7.97. The van der Waals surface area contributed by atoms with Crippen LogP contribution in [0.2, 0.25) is 0 Å². The van der Waals surface area contributed by atoms with Gasteiger partial charge in [0.25, 0.3) is 0 Å². The van der Waals surface area contributed by atoms with E-state index in [0.717, 1.165) is 27.8 Å². The summed E-state index contributed by atoms with van der Waals surface area (Å²) in [7, 11) is -3.20. The number of hydrogen-bond acceptors (Lipinski definition) is 4. The molecule has 1 unspecified atom stereocenters. The van der Waals surface area contributed by atoms with Crippen molar-refractivity contribution in [3.05, 3.63) is 73.6 Å². The molecule has 0 fully saturated rings. The van der Waals surface area contributed by atoms with E-state index in [0.29, 0.717) is 4.90 Å². The van der Waals surface area contributed by atoms with Gasteiger partial charge in [-0.3, -0.25) is 4.98 Å². The molecule has 3 heterocycles. The minimum absolute atomic E-state index is 0.312. The summed E-state index contributed by atoms with van der Waals surface area (Å²) in [4.78, 5) is 8.74. The van der Waals surface area contributed by atoms with Gasteiger partial charge in [-0.25, -0.2) is 4.98 Å². The number of imidazole rings is 1. The topological polar surface area (TPSA) is 70.3 Å². The molecule has 124 valence electrons. The number of benzene rings is 1. The Morgan fingerprint density at radius 1 is 1.00 bits per heavy atom. The summed E-state index contributed by atoms with van der Waals surface area (Å²) in [5.74, 6) is 0. The summed E-state index contributed by atoms with van der Waals surface area (Å²) in [6, 6.07) is 12.9. The lowest BCUT2D eigenvalue weighted by Gasteiger charge is -2.11. The van der Waals surface area contributed by atoms with Gasteiger partial charge in [-0.1, -0.05) is 6.07 Å². The summed E-state index contributed by atoms with van der Waals surface area (Å²) in [5.41, 5.74) is 4.93.